The number of hydrogen-bond donors (Lipinski definition) is 1. The lowest BCUT2D eigenvalue weighted by Gasteiger charge is -2.37. The quantitative estimate of drug-likeness (QED) is 0.837. The fraction of sp³-hybridized carbons (Fsp3) is 0.400. The Labute approximate surface area is 128 Å². The van der Waals surface area contributed by atoms with Gasteiger partial charge in [0.2, 0.25) is 0 Å². The third-order valence-corrected chi connectivity index (χ3v) is 4.80. The average molecular weight is 279 g/mol. The third-order valence-electron chi connectivity index (χ3n) is 4.80. The Hall–Kier alpha value is -1.60. The van der Waals surface area contributed by atoms with Crippen molar-refractivity contribution >= 4 is 0 Å². The second-order valence-corrected chi connectivity index (χ2v) is 6.28. The van der Waals surface area contributed by atoms with E-state index >= 15 is 0 Å². The van der Waals surface area contributed by atoms with E-state index in [1.807, 2.05) is 0 Å². The Morgan fingerprint density at radius 1 is 1.10 bits per heavy atom. The predicted octanol–water partition coefficient (Wildman–Crippen LogP) is 4.68. The highest BCUT2D eigenvalue weighted by Gasteiger charge is 2.33. The van der Waals surface area contributed by atoms with Crippen LogP contribution in [0.4, 0.5) is 0 Å². The Kier molecular flexibility index (Phi) is 4.12. The van der Waals surface area contributed by atoms with Gasteiger partial charge < -0.3 is 5.32 Å². The van der Waals surface area contributed by atoms with Gasteiger partial charge in [-0.3, -0.25) is 0 Å². The largest absolute Gasteiger partial charge is 0.309 e. The standard InChI is InChI=1S/C20H25N/c1-4-11-21-20(17-10-9-14(2)15(3)12-17)19-13-16-7-5-6-8-18(16)19/h5-10,12,19-21H,4,11,13H2,1-3H3. The maximum atomic E-state index is 3.78. The molecule has 2 aromatic carbocycles. The highest BCUT2D eigenvalue weighted by Crippen LogP contribution is 2.43. The Morgan fingerprint density at radius 2 is 1.90 bits per heavy atom. The predicted molar refractivity (Wildman–Crippen MR) is 89.8 cm³/mol. The van der Waals surface area contributed by atoms with E-state index < -0.39 is 0 Å². The minimum absolute atomic E-state index is 0.444. The second kappa shape index (κ2) is 6.03. The summed E-state index contributed by atoms with van der Waals surface area (Å²) in [4.78, 5) is 0. The number of fused-ring (bicyclic) bond motifs is 1. The van der Waals surface area contributed by atoms with E-state index in [9.17, 15) is 0 Å². The number of rotatable bonds is 5. The highest BCUT2D eigenvalue weighted by molar-refractivity contribution is 5.44. The van der Waals surface area contributed by atoms with Gasteiger partial charge >= 0.3 is 0 Å². The third kappa shape index (κ3) is 2.75. The van der Waals surface area contributed by atoms with Gasteiger partial charge in [-0.1, -0.05) is 49.4 Å². The SMILES string of the molecule is CCCNC(c1ccc(C)c(C)c1)C1Cc2ccccc21. The van der Waals surface area contributed by atoms with Crippen LogP contribution >= 0.6 is 0 Å². The fourth-order valence-corrected chi connectivity index (χ4v) is 3.35. The fourth-order valence-electron chi connectivity index (χ4n) is 3.35. The minimum atomic E-state index is 0.444. The first-order valence-corrected chi connectivity index (χ1v) is 8.09. The van der Waals surface area contributed by atoms with Crippen LogP contribution in [0, 0.1) is 13.8 Å². The zero-order valence-electron chi connectivity index (χ0n) is 13.3. The molecule has 110 valence electrons. The molecule has 0 aromatic heterocycles. The average Bonchev–Trinajstić information content (AvgIpc) is 2.47. The van der Waals surface area contributed by atoms with E-state index in [0.29, 0.717) is 12.0 Å². The lowest BCUT2D eigenvalue weighted by molar-refractivity contribution is 0.411. The molecule has 0 amide bonds. The van der Waals surface area contributed by atoms with Crippen molar-refractivity contribution in [3.63, 3.8) is 0 Å². The van der Waals surface area contributed by atoms with Gasteiger partial charge in [0, 0.05) is 12.0 Å². The number of aryl methyl sites for hydroxylation is 2. The van der Waals surface area contributed by atoms with Gasteiger partial charge in [-0.15, -0.1) is 0 Å². The van der Waals surface area contributed by atoms with Crippen molar-refractivity contribution in [2.45, 2.75) is 45.6 Å². The van der Waals surface area contributed by atoms with Crippen molar-refractivity contribution in [3.8, 4) is 0 Å². The van der Waals surface area contributed by atoms with E-state index in [2.05, 4.69) is 68.6 Å². The Bertz CT molecular complexity index is 629. The van der Waals surface area contributed by atoms with Gasteiger partial charge in [0.25, 0.3) is 0 Å². The number of hydrogen-bond acceptors (Lipinski definition) is 1. The van der Waals surface area contributed by atoms with Crippen LogP contribution in [-0.2, 0) is 6.42 Å². The number of nitrogens with one attached hydrogen (secondary N) is 1. The first-order chi connectivity index (χ1) is 10.2. The molecule has 0 fully saturated rings. The molecule has 0 heterocycles. The zero-order valence-corrected chi connectivity index (χ0v) is 13.3. The summed E-state index contributed by atoms with van der Waals surface area (Å²) in [6.07, 6.45) is 2.38. The molecule has 2 unspecified atom stereocenters. The van der Waals surface area contributed by atoms with E-state index in [4.69, 9.17) is 0 Å². The molecule has 1 aliphatic rings. The molecule has 1 nitrogen and oxygen atoms in total. The lowest BCUT2D eigenvalue weighted by atomic mass is 9.71. The molecule has 21 heavy (non-hydrogen) atoms. The molecule has 1 aliphatic carbocycles. The highest BCUT2D eigenvalue weighted by atomic mass is 14.9. The topological polar surface area (TPSA) is 12.0 Å². The maximum absolute atomic E-state index is 3.78. The first kappa shape index (κ1) is 14.3. The van der Waals surface area contributed by atoms with Crippen LogP contribution in [0.1, 0.15) is 53.1 Å². The molecule has 0 radical (unpaired) electrons. The molecule has 0 saturated heterocycles. The second-order valence-electron chi connectivity index (χ2n) is 6.28. The van der Waals surface area contributed by atoms with Crippen LogP contribution in [-0.4, -0.2) is 6.54 Å². The molecule has 1 N–H and O–H groups in total. The summed E-state index contributed by atoms with van der Waals surface area (Å²) in [5.74, 6) is 0.620. The molecular weight excluding hydrogens is 254 g/mol. The van der Waals surface area contributed by atoms with Gasteiger partial charge in [-0.05, 0) is 61.1 Å². The van der Waals surface area contributed by atoms with Gasteiger partial charge in [-0.25, -0.2) is 0 Å². The van der Waals surface area contributed by atoms with Crippen LogP contribution in [0.2, 0.25) is 0 Å². The monoisotopic (exact) mass is 279 g/mol. The summed E-state index contributed by atoms with van der Waals surface area (Å²) in [6.45, 7) is 7.71. The summed E-state index contributed by atoms with van der Waals surface area (Å²) in [6, 6.07) is 16.3. The van der Waals surface area contributed by atoms with Crippen molar-refractivity contribution in [1.82, 2.24) is 5.32 Å². The van der Waals surface area contributed by atoms with Crippen molar-refractivity contribution < 1.29 is 0 Å². The summed E-state index contributed by atoms with van der Waals surface area (Å²) in [7, 11) is 0. The van der Waals surface area contributed by atoms with Gasteiger partial charge in [0.15, 0.2) is 0 Å². The van der Waals surface area contributed by atoms with Gasteiger partial charge in [-0.2, -0.15) is 0 Å². The summed E-state index contributed by atoms with van der Waals surface area (Å²) in [5, 5.41) is 3.78. The summed E-state index contributed by atoms with van der Waals surface area (Å²) >= 11 is 0. The van der Waals surface area contributed by atoms with Gasteiger partial charge in [0.05, 0.1) is 0 Å². The summed E-state index contributed by atoms with van der Waals surface area (Å²) < 4.78 is 0. The molecule has 0 bridgehead atoms. The van der Waals surface area contributed by atoms with Crippen LogP contribution in [0.5, 0.6) is 0 Å². The molecule has 0 aliphatic heterocycles. The van der Waals surface area contributed by atoms with Crippen molar-refractivity contribution in [3.05, 3.63) is 70.3 Å². The van der Waals surface area contributed by atoms with Crippen molar-refractivity contribution in [2.75, 3.05) is 6.54 Å². The maximum Gasteiger partial charge on any atom is 0.0392 e. The smallest absolute Gasteiger partial charge is 0.0392 e. The van der Waals surface area contributed by atoms with Crippen LogP contribution in [0.25, 0.3) is 0 Å². The Morgan fingerprint density at radius 3 is 2.62 bits per heavy atom. The molecule has 0 spiro atoms. The molecule has 0 saturated carbocycles. The molecule has 3 rings (SSSR count). The van der Waals surface area contributed by atoms with E-state index in [1.165, 1.54) is 40.7 Å². The van der Waals surface area contributed by atoms with Crippen molar-refractivity contribution in [2.24, 2.45) is 0 Å². The lowest BCUT2D eigenvalue weighted by Crippen LogP contribution is -2.33. The van der Waals surface area contributed by atoms with Crippen LogP contribution < -0.4 is 5.32 Å². The minimum Gasteiger partial charge on any atom is -0.309 e. The molecule has 2 atom stereocenters. The molecule has 2 aromatic rings. The molecule has 1 heteroatoms. The van der Waals surface area contributed by atoms with Crippen LogP contribution in [0.15, 0.2) is 42.5 Å². The van der Waals surface area contributed by atoms with E-state index in [1.54, 1.807) is 0 Å². The van der Waals surface area contributed by atoms with Gasteiger partial charge in [0.1, 0.15) is 0 Å². The normalized spacial score (nSPS) is 18.0. The summed E-state index contributed by atoms with van der Waals surface area (Å²) in [5.41, 5.74) is 7.26. The first-order valence-electron chi connectivity index (χ1n) is 8.09. The van der Waals surface area contributed by atoms with Crippen LogP contribution in [0.3, 0.4) is 0 Å². The van der Waals surface area contributed by atoms with Crippen molar-refractivity contribution in [1.29, 1.82) is 0 Å². The van der Waals surface area contributed by atoms with E-state index in [0.717, 1.165) is 6.54 Å². The zero-order chi connectivity index (χ0) is 14.8. The molecular formula is C20H25N. The van der Waals surface area contributed by atoms with E-state index in [-0.39, 0.29) is 0 Å². The Balaban J connectivity index is 1.90. The number of benzene rings is 2.